The maximum Gasteiger partial charge on any atom is 0.416 e. The lowest BCUT2D eigenvalue weighted by Gasteiger charge is -2.16. The van der Waals surface area contributed by atoms with Gasteiger partial charge in [0.05, 0.1) is 23.1 Å². The first-order valence-electron chi connectivity index (χ1n) is 9.74. The minimum Gasteiger partial charge on any atom is -0.337 e. The molecule has 8 heteroatoms. The Morgan fingerprint density at radius 1 is 0.935 bits per heavy atom. The van der Waals surface area contributed by atoms with Crippen molar-refractivity contribution >= 4 is 16.6 Å². The molecule has 2 aromatic carbocycles. The van der Waals surface area contributed by atoms with Gasteiger partial charge in [0.15, 0.2) is 5.78 Å². The van der Waals surface area contributed by atoms with E-state index in [1.165, 1.54) is 10.6 Å². The number of imidazole rings is 1. The second-order valence-electron chi connectivity index (χ2n) is 7.47. The lowest BCUT2D eigenvalue weighted by Crippen LogP contribution is -2.24. The molecule has 0 amide bonds. The van der Waals surface area contributed by atoms with Crippen LogP contribution in [0.25, 0.3) is 22.0 Å². The zero-order valence-corrected chi connectivity index (χ0v) is 16.2. The third kappa shape index (κ3) is 3.06. The van der Waals surface area contributed by atoms with Crippen molar-refractivity contribution in [3.63, 3.8) is 0 Å². The molecule has 156 valence electrons. The van der Waals surface area contributed by atoms with Crippen molar-refractivity contribution in [3.05, 3.63) is 88.2 Å². The number of hydrogen-bond donors (Lipinski definition) is 0. The van der Waals surface area contributed by atoms with Crippen LogP contribution in [0.15, 0.2) is 66.0 Å². The molecule has 2 heterocycles. The van der Waals surface area contributed by atoms with Crippen LogP contribution in [0.2, 0.25) is 0 Å². The van der Waals surface area contributed by atoms with Crippen LogP contribution in [-0.2, 0) is 19.3 Å². The van der Waals surface area contributed by atoms with Gasteiger partial charge in [0, 0.05) is 47.4 Å². The van der Waals surface area contributed by atoms with Gasteiger partial charge in [0.2, 0.25) is 0 Å². The highest BCUT2D eigenvalue weighted by atomic mass is 19.4. The van der Waals surface area contributed by atoms with Crippen LogP contribution in [0.5, 0.6) is 0 Å². The highest BCUT2D eigenvalue weighted by molar-refractivity contribution is 6.26. The standard InChI is InChI=1S/C23H16F3N3O2/c24-23(25,26)14-6-7-15-18(12-14)22(31)29(10-3-9-28-11-8-27-13-28)20-16-4-1-2-5-17(16)21(30)19(15)20/h1-2,4-8,11-13H,3,9-10H2. The summed E-state index contributed by atoms with van der Waals surface area (Å²) in [7, 11) is 0. The number of halogens is 3. The number of carbonyl (C=O) groups excluding carboxylic acids is 1. The van der Waals surface area contributed by atoms with E-state index in [1.54, 1.807) is 43.0 Å². The van der Waals surface area contributed by atoms with Crippen LogP contribution >= 0.6 is 0 Å². The number of ketones is 1. The van der Waals surface area contributed by atoms with E-state index in [0.717, 1.165) is 12.1 Å². The molecular weight excluding hydrogens is 407 g/mol. The Morgan fingerprint density at radius 2 is 1.71 bits per heavy atom. The number of carbonyl (C=O) groups is 1. The molecule has 0 aliphatic heterocycles. The monoisotopic (exact) mass is 423 g/mol. The van der Waals surface area contributed by atoms with Crippen LogP contribution in [-0.4, -0.2) is 19.9 Å². The number of fused-ring (bicyclic) bond motifs is 5. The zero-order valence-electron chi connectivity index (χ0n) is 16.2. The minimum absolute atomic E-state index is 0.0997. The number of pyridine rings is 1. The Balaban J connectivity index is 1.73. The number of nitrogens with zero attached hydrogens (tertiary/aromatic N) is 3. The summed E-state index contributed by atoms with van der Waals surface area (Å²) in [5, 5.41) is 0.150. The molecule has 0 saturated carbocycles. The van der Waals surface area contributed by atoms with E-state index in [-0.39, 0.29) is 28.7 Å². The number of alkyl halides is 3. The second-order valence-corrected chi connectivity index (χ2v) is 7.47. The summed E-state index contributed by atoms with van der Waals surface area (Å²) in [4.78, 5) is 30.5. The van der Waals surface area contributed by atoms with E-state index in [1.807, 2.05) is 4.57 Å². The molecular formula is C23H16F3N3O2. The van der Waals surface area contributed by atoms with E-state index in [0.29, 0.717) is 29.8 Å². The maximum atomic E-state index is 13.3. The van der Waals surface area contributed by atoms with Gasteiger partial charge in [0.25, 0.3) is 5.56 Å². The quantitative estimate of drug-likeness (QED) is 0.427. The Bertz CT molecular complexity index is 1390. The highest BCUT2D eigenvalue weighted by Gasteiger charge is 2.35. The van der Waals surface area contributed by atoms with Gasteiger partial charge >= 0.3 is 6.18 Å². The lowest BCUT2D eigenvalue weighted by atomic mass is 10.0. The third-order valence-electron chi connectivity index (χ3n) is 5.61. The van der Waals surface area contributed by atoms with Crippen LogP contribution < -0.4 is 5.56 Å². The first-order chi connectivity index (χ1) is 14.9. The SMILES string of the molecule is O=C1c2ccccc2-c2c1c1ccc(C(F)(F)F)cc1c(=O)n2CCCn1ccnc1. The topological polar surface area (TPSA) is 56.9 Å². The molecule has 4 aromatic rings. The maximum absolute atomic E-state index is 13.3. The molecule has 0 radical (unpaired) electrons. The van der Waals surface area contributed by atoms with Gasteiger partial charge in [-0.3, -0.25) is 9.59 Å². The Kier molecular flexibility index (Phi) is 4.32. The van der Waals surface area contributed by atoms with Crippen molar-refractivity contribution < 1.29 is 18.0 Å². The van der Waals surface area contributed by atoms with Gasteiger partial charge in [-0.2, -0.15) is 13.2 Å². The molecule has 1 aliphatic carbocycles. The average Bonchev–Trinajstić information content (AvgIpc) is 3.36. The number of aryl methyl sites for hydroxylation is 1. The normalized spacial score (nSPS) is 12.9. The molecule has 5 nitrogen and oxygen atoms in total. The van der Waals surface area contributed by atoms with Crippen molar-refractivity contribution in [2.75, 3.05) is 0 Å². The van der Waals surface area contributed by atoms with Crippen LogP contribution in [0.1, 0.15) is 27.9 Å². The highest BCUT2D eigenvalue weighted by Crippen LogP contribution is 2.40. The summed E-state index contributed by atoms with van der Waals surface area (Å²) < 4.78 is 43.2. The summed E-state index contributed by atoms with van der Waals surface area (Å²) in [6.45, 7) is 0.838. The molecule has 0 N–H and O–H groups in total. The molecule has 0 bridgehead atoms. The molecule has 0 saturated heterocycles. The zero-order chi connectivity index (χ0) is 21.8. The fourth-order valence-corrected chi connectivity index (χ4v) is 4.20. The number of benzene rings is 2. The number of hydrogen-bond acceptors (Lipinski definition) is 3. The van der Waals surface area contributed by atoms with Crippen molar-refractivity contribution in [2.45, 2.75) is 25.7 Å². The van der Waals surface area contributed by atoms with E-state index in [2.05, 4.69) is 4.98 Å². The molecule has 0 spiro atoms. The predicted molar refractivity (Wildman–Crippen MR) is 109 cm³/mol. The summed E-state index contributed by atoms with van der Waals surface area (Å²) in [6.07, 6.45) is 1.06. The third-order valence-corrected chi connectivity index (χ3v) is 5.61. The summed E-state index contributed by atoms with van der Waals surface area (Å²) in [5.74, 6) is -0.279. The fraction of sp³-hybridized carbons (Fsp3) is 0.174. The van der Waals surface area contributed by atoms with Crippen LogP contribution in [0.3, 0.4) is 0 Å². The van der Waals surface area contributed by atoms with E-state index in [4.69, 9.17) is 0 Å². The van der Waals surface area contributed by atoms with Gasteiger partial charge < -0.3 is 9.13 Å². The van der Waals surface area contributed by atoms with E-state index in [9.17, 15) is 22.8 Å². The molecule has 5 rings (SSSR count). The summed E-state index contributed by atoms with van der Waals surface area (Å²) in [5.41, 5.74) is 0.396. The first kappa shape index (κ1) is 19.3. The van der Waals surface area contributed by atoms with Crippen molar-refractivity contribution in [3.8, 4) is 11.3 Å². The number of rotatable bonds is 4. The smallest absolute Gasteiger partial charge is 0.337 e. The van der Waals surface area contributed by atoms with E-state index < -0.39 is 17.3 Å². The van der Waals surface area contributed by atoms with E-state index >= 15 is 0 Å². The predicted octanol–water partition coefficient (Wildman–Crippen LogP) is 4.52. The molecule has 0 unspecified atom stereocenters. The first-order valence-corrected chi connectivity index (χ1v) is 9.74. The van der Waals surface area contributed by atoms with Gasteiger partial charge in [-0.25, -0.2) is 4.98 Å². The number of aromatic nitrogens is 3. The lowest BCUT2D eigenvalue weighted by molar-refractivity contribution is -0.137. The Morgan fingerprint density at radius 3 is 2.42 bits per heavy atom. The molecule has 0 fully saturated rings. The van der Waals surface area contributed by atoms with Crippen molar-refractivity contribution in [1.82, 2.24) is 14.1 Å². The molecule has 31 heavy (non-hydrogen) atoms. The summed E-state index contributed by atoms with van der Waals surface area (Å²) in [6, 6.07) is 9.95. The fourth-order valence-electron chi connectivity index (χ4n) is 4.20. The Hall–Kier alpha value is -3.68. The van der Waals surface area contributed by atoms with Gasteiger partial charge in [-0.05, 0) is 18.6 Å². The van der Waals surface area contributed by atoms with Crippen molar-refractivity contribution in [2.24, 2.45) is 0 Å². The second kappa shape index (κ2) is 6.94. The van der Waals surface area contributed by atoms with Crippen molar-refractivity contribution in [1.29, 1.82) is 0 Å². The minimum atomic E-state index is -4.58. The molecule has 0 atom stereocenters. The van der Waals surface area contributed by atoms with Gasteiger partial charge in [-0.15, -0.1) is 0 Å². The molecule has 2 aromatic heterocycles. The van der Waals surface area contributed by atoms with Gasteiger partial charge in [-0.1, -0.05) is 30.3 Å². The largest absolute Gasteiger partial charge is 0.416 e. The summed E-state index contributed by atoms with van der Waals surface area (Å²) >= 11 is 0. The average molecular weight is 423 g/mol. The Labute approximate surface area is 174 Å². The van der Waals surface area contributed by atoms with Crippen LogP contribution in [0, 0.1) is 0 Å². The van der Waals surface area contributed by atoms with Crippen LogP contribution in [0.4, 0.5) is 13.2 Å². The molecule has 1 aliphatic rings. The van der Waals surface area contributed by atoms with Gasteiger partial charge in [0.1, 0.15) is 0 Å².